The molecule has 2 rings (SSSR count). The molecule has 72 valence electrons. The van der Waals surface area contributed by atoms with Crippen molar-refractivity contribution in [2.75, 3.05) is 0 Å². The van der Waals surface area contributed by atoms with Gasteiger partial charge in [-0.2, -0.15) is 0 Å². The molecule has 1 aromatic carbocycles. The maximum atomic E-state index is 10.6. The molecule has 0 radical (unpaired) electrons. The van der Waals surface area contributed by atoms with Gasteiger partial charge in [-0.1, -0.05) is 6.07 Å². The summed E-state index contributed by atoms with van der Waals surface area (Å²) in [5.41, 5.74) is 3.17. The van der Waals surface area contributed by atoms with E-state index in [2.05, 4.69) is 4.98 Å². The van der Waals surface area contributed by atoms with Crippen molar-refractivity contribution in [3.8, 4) is 0 Å². The molecule has 3 heteroatoms. The number of hydrogen-bond donors (Lipinski definition) is 1. The van der Waals surface area contributed by atoms with E-state index in [4.69, 9.17) is 0 Å². The fourth-order valence-electron chi connectivity index (χ4n) is 1.71. The third-order valence-corrected chi connectivity index (χ3v) is 2.31. The van der Waals surface area contributed by atoms with E-state index in [1.165, 1.54) is 0 Å². The SMILES string of the molecule is Cc1cc(C)c2cc(C(=O)[O-])[nH]c2c1. The minimum absolute atomic E-state index is 0.133. The normalized spacial score (nSPS) is 10.7. The van der Waals surface area contributed by atoms with Gasteiger partial charge in [-0.3, -0.25) is 0 Å². The molecule has 0 aliphatic heterocycles. The zero-order valence-corrected chi connectivity index (χ0v) is 8.05. The number of hydrogen-bond acceptors (Lipinski definition) is 2. The van der Waals surface area contributed by atoms with Gasteiger partial charge in [0.25, 0.3) is 0 Å². The van der Waals surface area contributed by atoms with Gasteiger partial charge in [0.15, 0.2) is 0 Å². The van der Waals surface area contributed by atoms with E-state index < -0.39 is 5.97 Å². The molecule has 1 heterocycles. The van der Waals surface area contributed by atoms with Crippen molar-refractivity contribution < 1.29 is 9.90 Å². The van der Waals surface area contributed by atoms with E-state index in [1.807, 2.05) is 26.0 Å². The van der Waals surface area contributed by atoms with E-state index in [0.29, 0.717) is 0 Å². The standard InChI is InChI=1S/C11H11NO2/c1-6-3-7(2)8-5-10(11(13)14)12-9(8)4-6/h3-5,12H,1-2H3,(H,13,14)/p-1. The molecule has 0 saturated carbocycles. The van der Waals surface area contributed by atoms with Crippen LogP contribution in [-0.2, 0) is 0 Å². The fraction of sp³-hybridized carbons (Fsp3) is 0.182. The number of carbonyl (C=O) groups is 1. The van der Waals surface area contributed by atoms with Gasteiger partial charge in [0.2, 0.25) is 0 Å². The van der Waals surface area contributed by atoms with Gasteiger partial charge in [0.1, 0.15) is 0 Å². The summed E-state index contributed by atoms with van der Waals surface area (Å²) in [6.07, 6.45) is 0. The van der Waals surface area contributed by atoms with E-state index in [0.717, 1.165) is 22.0 Å². The molecule has 3 nitrogen and oxygen atoms in total. The Morgan fingerprint density at radius 2 is 2.00 bits per heavy atom. The fourth-order valence-corrected chi connectivity index (χ4v) is 1.71. The van der Waals surface area contributed by atoms with Gasteiger partial charge < -0.3 is 14.9 Å². The third-order valence-electron chi connectivity index (χ3n) is 2.31. The minimum atomic E-state index is -1.17. The molecule has 0 amide bonds. The molecular weight excluding hydrogens is 178 g/mol. The molecule has 0 fully saturated rings. The lowest BCUT2D eigenvalue weighted by Crippen LogP contribution is -2.22. The Balaban J connectivity index is 2.76. The first-order valence-electron chi connectivity index (χ1n) is 4.39. The maximum Gasteiger partial charge on any atom is 0.0878 e. The number of fused-ring (bicyclic) bond motifs is 1. The van der Waals surface area contributed by atoms with Crippen LogP contribution in [0.4, 0.5) is 0 Å². The summed E-state index contributed by atoms with van der Waals surface area (Å²) in [5.74, 6) is -1.17. The molecule has 0 aliphatic rings. The number of aromatic carboxylic acids is 1. The number of aromatic nitrogens is 1. The van der Waals surface area contributed by atoms with Gasteiger partial charge in [-0.25, -0.2) is 0 Å². The van der Waals surface area contributed by atoms with Crippen LogP contribution in [0.2, 0.25) is 0 Å². The highest BCUT2D eigenvalue weighted by Gasteiger charge is 2.04. The Kier molecular flexibility index (Phi) is 1.81. The van der Waals surface area contributed by atoms with Crippen molar-refractivity contribution in [1.29, 1.82) is 0 Å². The summed E-state index contributed by atoms with van der Waals surface area (Å²) in [7, 11) is 0. The Bertz CT molecular complexity index is 511. The van der Waals surface area contributed by atoms with E-state index in [-0.39, 0.29) is 5.69 Å². The predicted molar refractivity (Wildman–Crippen MR) is 52.1 cm³/mol. The van der Waals surface area contributed by atoms with Crippen LogP contribution in [0.15, 0.2) is 18.2 Å². The highest BCUT2D eigenvalue weighted by Crippen LogP contribution is 2.20. The number of nitrogens with one attached hydrogen (secondary N) is 1. The van der Waals surface area contributed by atoms with Crippen molar-refractivity contribution in [2.24, 2.45) is 0 Å². The largest absolute Gasteiger partial charge is 0.543 e. The zero-order valence-electron chi connectivity index (χ0n) is 8.05. The van der Waals surface area contributed by atoms with Crippen LogP contribution in [0, 0.1) is 13.8 Å². The van der Waals surface area contributed by atoms with E-state index >= 15 is 0 Å². The number of H-pyrrole nitrogens is 1. The molecule has 0 unspecified atom stereocenters. The first-order valence-corrected chi connectivity index (χ1v) is 4.39. The molecule has 2 aromatic rings. The number of aromatic amines is 1. The highest BCUT2D eigenvalue weighted by molar-refractivity contribution is 5.94. The van der Waals surface area contributed by atoms with Gasteiger partial charge in [0, 0.05) is 10.9 Å². The van der Waals surface area contributed by atoms with Crippen LogP contribution in [0.5, 0.6) is 0 Å². The van der Waals surface area contributed by atoms with Crippen molar-refractivity contribution in [3.05, 3.63) is 35.0 Å². The number of carbonyl (C=O) groups excluding carboxylic acids is 1. The maximum absolute atomic E-state index is 10.6. The smallest absolute Gasteiger partial charge is 0.0878 e. The highest BCUT2D eigenvalue weighted by atomic mass is 16.4. The van der Waals surface area contributed by atoms with Crippen LogP contribution in [-0.4, -0.2) is 11.0 Å². The van der Waals surface area contributed by atoms with Crippen LogP contribution >= 0.6 is 0 Å². The molecular formula is C11H10NO2-. The monoisotopic (exact) mass is 188 g/mol. The van der Waals surface area contributed by atoms with Crippen molar-refractivity contribution >= 4 is 16.9 Å². The first-order chi connectivity index (χ1) is 6.58. The number of carboxylic acids is 1. The summed E-state index contributed by atoms with van der Waals surface area (Å²) in [4.78, 5) is 13.4. The lowest BCUT2D eigenvalue weighted by molar-refractivity contribution is -0.255. The molecule has 0 saturated heterocycles. The molecule has 0 aliphatic carbocycles. The zero-order chi connectivity index (χ0) is 10.3. The summed E-state index contributed by atoms with van der Waals surface area (Å²) in [5, 5.41) is 11.6. The average molecular weight is 188 g/mol. The topological polar surface area (TPSA) is 55.9 Å². The average Bonchev–Trinajstić information content (AvgIpc) is 2.47. The second kappa shape index (κ2) is 2.87. The van der Waals surface area contributed by atoms with Gasteiger partial charge >= 0.3 is 0 Å². The number of carboxylic acid groups (broad SMARTS) is 1. The molecule has 14 heavy (non-hydrogen) atoms. The van der Waals surface area contributed by atoms with Crippen LogP contribution < -0.4 is 5.11 Å². The first kappa shape index (κ1) is 8.81. The second-order valence-corrected chi connectivity index (χ2v) is 3.51. The molecule has 0 bridgehead atoms. The summed E-state index contributed by atoms with van der Waals surface area (Å²) >= 11 is 0. The van der Waals surface area contributed by atoms with E-state index in [9.17, 15) is 9.90 Å². The Hall–Kier alpha value is -1.77. The number of benzene rings is 1. The van der Waals surface area contributed by atoms with Crippen LogP contribution in [0.1, 0.15) is 21.6 Å². The van der Waals surface area contributed by atoms with Gasteiger partial charge in [0.05, 0.1) is 11.7 Å². The van der Waals surface area contributed by atoms with Crippen molar-refractivity contribution in [3.63, 3.8) is 0 Å². The molecule has 1 N–H and O–H groups in total. The summed E-state index contributed by atoms with van der Waals surface area (Å²) in [6, 6.07) is 5.56. The van der Waals surface area contributed by atoms with Crippen molar-refractivity contribution in [1.82, 2.24) is 4.98 Å². The molecule has 0 atom stereocenters. The van der Waals surface area contributed by atoms with Gasteiger partial charge in [-0.15, -0.1) is 0 Å². The second-order valence-electron chi connectivity index (χ2n) is 3.51. The van der Waals surface area contributed by atoms with Crippen LogP contribution in [0.3, 0.4) is 0 Å². The summed E-state index contributed by atoms with van der Waals surface area (Å²) < 4.78 is 0. The molecule has 1 aromatic heterocycles. The lowest BCUT2D eigenvalue weighted by atomic mass is 10.1. The number of rotatable bonds is 1. The predicted octanol–water partition coefficient (Wildman–Crippen LogP) is 1.15. The van der Waals surface area contributed by atoms with Gasteiger partial charge in [-0.05, 0) is 37.1 Å². The summed E-state index contributed by atoms with van der Waals surface area (Å²) in [6.45, 7) is 3.94. The molecule has 0 spiro atoms. The lowest BCUT2D eigenvalue weighted by Gasteiger charge is -1.97. The Morgan fingerprint density at radius 3 is 2.64 bits per heavy atom. The van der Waals surface area contributed by atoms with Crippen molar-refractivity contribution in [2.45, 2.75) is 13.8 Å². The Morgan fingerprint density at radius 1 is 1.29 bits per heavy atom. The van der Waals surface area contributed by atoms with E-state index in [1.54, 1.807) is 6.07 Å². The minimum Gasteiger partial charge on any atom is -0.543 e. The van der Waals surface area contributed by atoms with Crippen LogP contribution in [0.25, 0.3) is 10.9 Å². The quantitative estimate of drug-likeness (QED) is 0.729. The Labute approximate surface area is 81.4 Å². The third kappa shape index (κ3) is 1.27. The number of aryl methyl sites for hydroxylation is 2.